The maximum absolute atomic E-state index is 12.4. The number of benzene rings is 2. The fourth-order valence-electron chi connectivity index (χ4n) is 2.18. The quantitative estimate of drug-likeness (QED) is 0.627. The van der Waals surface area contributed by atoms with E-state index in [2.05, 4.69) is 27.5 Å². The molecule has 1 amide bonds. The Labute approximate surface area is 140 Å². The molecule has 0 aliphatic rings. The van der Waals surface area contributed by atoms with E-state index in [-0.39, 0.29) is 5.91 Å². The first-order chi connectivity index (χ1) is 10.7. The van der Waals surface area contributed by atoms with Gasteiger partial charge in [0, 0.05) is 16.6 Å². The zero-order valence-corrected chi connectivity index (χ0v) is 14.1. The first kappa shape index (κ1) is 14.9. The highest BCUT2D eigenvalue weighted by atomic mass is 79.9. The molecule has 0 fully saturated rings. The number of allylic oxidation sites excluding steroid dienone is 1. The average molecular weight is 373 g/mol. The number of aromatic nitrogens is 1. The molecular weight excluding hydrogens is 360 g/mol. The molecule has 3 rings (SSSR count). The number of hydrogen-bond donors (Lipinski definition) is 0. The fraction of sp³-hybridized carbons (Fsp3) is 0.0588. The van der Waals surface area contributed by atoms with E-state index in [1.54, 1.807) is 12.1 Å². The normalized spacial score (nSPS) is 11.8. The van der Waals surface area contributed by atoms with Crippen LogP contribution < -0.4 is 4.80 Å². The van der Waals surface area contributed by atoms with E-state index in [1.807, 2.05) is 47.0 Å². The maximum Gasteiger partial charge on any atom is 0.279 e. The standard InChI is InChI=1S/C17H13BrN2OS/c1-2-10-20-14-8-3-4-9-15(14)22-17(20)19-16(21)12-6-5-7-13(18)11-12/h2-9,11H,1,10H2. The van der Waals surface area contributed by atoms with Gasteiger partial charge in [-0.1, -0.05) is 51.5 Å². The Morgan fingerprint density at radius 3 is 2.86 bits per heavy atom. The molecule has 0 bridgehead atoms. The van der Waals surface area contributed by atoms with Gasteiger partial charge in [0.1, 0.15) is 0 Å². The number of para-hydroxylation sites is 1. The number of rotatable bonds is 3. The van der Waals surface area contributed by atoms with Crippen molar-refractivity contribution < 1.29 is 4.79 Å². The Hall–Kier alpha value is -1.98. The molecular formula is C17H13BrN2OS. The lowest BCUT2D eigenvalue weighted by Gasteiger charge is -2.00. The van der Waals surface area contributed by atoms with Crippen LogP contribution in [0, 0.1) is 0 Å². The zero-order valence-electron chi connectivity index (χ0n) is 11.7. The first-order valence-electron chi connectivity index (χ1n) is 6.73. The van der Waals surface area contributed by atoms with Gasteiger partial charge in [-0.3, -0.25) is 4.79 Å². The van der Waals surface area contributed by atoms with Crippen LogP contribution in [0.2, 0.25) is 0 Å². The van der Waals surface area contributed by atoms with Gasteiger partial charge in [0.15, 0.2) is 4.80 Å². The third-order valence-electron chi connectivity index (χ3n) is 3.17. The summed E-state index contributed by atoms with van der Waals surface area (Å²) >= 11 is 4.88. The number of thiazole rings is 1. The first-order valence-corrected chi connectivity index (χ1v) is 8.34. The summed E-state index contributed by atoms with van der Waals surface area (Å²) in [6.45, 7) is 4.40. The lowest BCUT2D eigenvalue weighted by molar-refractivity contribution is 0.0998. The van der Waals surface area contributed by atoms with Crippen molar-refractivity contribution in [3.8, 4) is 0 Å². The van der Waals surface area contributed by atoms with Crippen molar-refractivity contribution in [2.75, 3.05) is 0 Å². The van der Waals surface area contributed by atoms with Crippen molar-refractivity contribution in [3.05, 3.63) is 76.0 Å². The topological polar surface area (TPSA) is 34.4 Å². The molecule has 0 spiro atoms. The van der Waals surface area contributed by atoms with Crippen molar-refractivity contribution in [1.29, 1.82) is 0 Å². The Kier molecular flexibility index (Phi) is 4.36. The average Bonchev–Trinajstić information content (AvgIpc) is 2.85. The molecule has 22 heavy (non-hydrogen) atoms. The van der Waals surface area contributed by atoms with E-state index in [1.165, 1.54) is 11.3 Å². The highest BCUT2D eigenvalue weighted by Gasteiger charge is 2.08. The minimum Gasteiger partial charge on any atom is -0.312 e. The summed E-state index contributed by atoms with van der Waals surface area (Å²) in [5.74, 6) is -0.245. The molecule has 2 aromatic carbocycles. The van der Waals surface area contributed by atoms with Crippen LogP contribution in [0.5, 0.6) is 0 Å². The fourth-order valence-corrected chi connectivity index (χ4v) is 3.62. The van der Waals surface area contributed by atoms with Gasteiger partial charge in [-0.2, -0.15) is 4.99 Å². The molecule has 0 atom stereocenters. The molecule has 3 aromatic rings. The van der Waals surface area contributed by atoms with E-state index in [4.69, 9.17) is 0 Å². The van der Waals surface area contributed by atoms with Gasteiger partial charge >= 0.3 is 0 Å². The summed E-state index contributed by atoms with van der Waals surface area (Å²) < 4.78 is 3.97. The van der Waals surface area contributed by atoms with Crippen LogP contribution in [-0.2, 0) is 6.54 Å². The number of amides is 1. The summed E-state index contributed by atoms with van der Waals surface area (Å²) in [7, 11) is 0. The predicted octanol–water partition coefficient (Wildman–Crippen LogP) is 4.39. The summed E-state index contributed by atoms with van der Waals surface area (Å²) in [5, 5.41) is 0. The minimum atomic E-state index is -0.245. The highest BCUT2D eigenvalue weighted by Crippen LogP contribution is 2.17. The summed E-state index contributed by atoms with van der Waals surface area (Å²) in [5.41, 5.74) is 1.63. The van der Waals surface area contributed by atoms with E-state index in [9.17, 15) is 4.79 Å². The zero-order chi connectivity index (χ0) is 15.5. The molecule has 0 unspecified atom stereocenters. The van der Waals surface area contributed by atoms with E-state index >= 15 is 0 Å². The molecule has 3 nitrogen and oxygen atoms in total. The van der Waals surface area contributed by atoms with E-state index in [0.29, 0.717) is 16.9 Å². The van der Waals surface area contributed by atoms with Crippen molar-refractivity contribution in [2.45, 2.75) is 6.54 Å². The molecule has 5 heteroatoms. The van der Waals surface area contributed by atoms with E-state index < -0.39 is 0 Å². The van der Waals surface area contributed by atoms with Gasteiger partial charge in [0.25, 0.3) is 5.91 Å². The van der Waals surface area contributed by atoms with Gasteiger partial charge in [0.05, 0.1) is 10.2 Å². The summed E-state index contributed by atoms with van der Waals surface area (Å²) in [4.78, 5) is 17.4. The smallest absolute Gasteiger partial charge is 0.279 e. The van der Waals surface area contributed by atoms with Crippen LogP contribution >= 0.6 is 27.3 Å². The Balaban J connectivity index is 2.14. The second-order valence-corrected chi connectivity index (χ2v) is 6.60. The van der Waals surface area contributed by atoms with Gasteiger partial charge in [0.2, 0.25) is 0 Å². The molecule has 0 N–H and O–H groups in total. The van der Waals surface area contributed by atoms with Gasteiger partial charge < -0.3 is 4.57 Å². The van der Waals surface area contributed by atoms with Gasteiger partial charge in [-0.25, -0.2) is 0 Å². The Morgan fingerprint density at radius 2 is 2.09 bits per heavy atom. The van der Waals surface area contributed by atoms with Crippen LogP contribution in [-0.4, -0.2) is 10.5 Å². The Bertz CT molecular complexity index is 924. The van der Waals surface area contributed by atoms with Crippen molar-refractivity contribution in [3.63, 3.8) is 0 Å². The predicted molar refractivity (Wildman–Crippen MR) is 94.0 cm³/mol. The number of carbonyl (C=O) groups is 1. The van der Waals surface area contributed by atoms with Crippen LogP contribution in [0.25, 0.3) is 10.2 Å². The molecule has 0 saturated heterocycles. The number of halogens is 1. The van der Waals surface area contributed by atoms with Crippen molar-refractivity contribution in [1.82, 2.24) is 4.57 Å². The van der Waals surface area contributed by atoms with Gasteiger partial charge in [-0.15, -0.1) is 6.58 Å². The molecule has 1 heterocycles. The monoisotopic (exact) mass is 372 g/mol. The van der Waals surface area contributed by atoms with Crippen LogP contribution in [0.15, 0.2) is 70.7 Å². The third kappa shape index (κ3) is 2.96. The summed E-state index contributed by atoms with van der Waals surface area (Å²) in [6, 6.07) is 15.3. The summed E-state index contributed by atoms with van der Waals surface area (Å²) in [6.07, 6.45) is 1.81. The van der Waals surface area contributed by atoms with Crippen LogP contribution in [0.3, 0.4) is 0 Å². The second-order valence-electron chi connectivity index (χ2n) is 4.68. The van der Waals surface area contributed by atoms with Crippen molar-refractivity contribution >= 4 is 43.4 Å². The molecule has 1 aromatic heterocycles. The number of nitrogens with zero attached hydrogens (tertiary/aromatic N) is 2. The SMILES string of the molecule is C=CCn1c(=NC(=O)c2cccc(Br)c2)sc2ccccc21. The number of carbonyl (C=O) groups excluding carboxylic acids is 1. The lowest BCUT2D eigenvalue weighted by Crippen LogP contribution is -2.16. The second kappa shape index (κ2) is 6.42. The molecule has 0 aliphatic heterocycles. The van der Waals surface area contributed by atoms with Crippen molar-refractivity contribution in [2.24, 2.45) is 4.99 Å². The third-order valence-corrected chi connectivity index (χ3v) is 4.72. The maximum atomic E-state index is 12.4. The lowest BCUT2D eigenvalue weighted by atomic mass is 10.2. The van der Waals surface area contributed by atoms with Crippen LogP contribution in [0.4, 0.5) is 0 Å². The molecule has 0 aliphatic carbocycles. The van der Waals surface area contributed by atoms with Crippen LogP contribution in [0.1, 0.15) is 10.4 Å². The number of hydrogen-bond acceptors (Lipinski definition) is 2. The minimum absolute atomic E-state index is 0.245. The molecule has 0 radical (unpaired) electrons. The Morgan fingerprint density at radius 1 is 1.27 bits per heavy atom. The highest BCUT2D eigenvalue weighted by molar-refractivity contribution is 9.10. The van der Waals surface area contributed by atoms with E-state index in [0.717, 1.165) is 14.7 Å². The largest absolute Gasteiger partial charge is 0.312 e. The molecule has 110 valence electrons. The van der Waals surface area contributed by atoms with Gasteiger partial charge in [-0.05, 0) is 30.3 Å². The number of fused-ring (bicyclic) bond motifs is 1. The molecule has 0 saturated carbocycles.